The van der Waals surface area contributed by atoms with Crippen molar-refractivity contribution in [3.8, 4) is 0 Å². The van der Waals surface area contributed by atoms with Crippen molar-refractivity contribution < 1.29 is 28.2 Å². The van der Waals surface area contributed by atoms with Crippen molar-refractivity contribution in [3.63, 3.8) is 0 Å². The number of aromatic nitrogens is 2. The number of carboxylic acid groups (broad SMARTS) is 1. The van der Waals surface area contributed by atoms with Crippen molar-refractivity contribution in [3.05, 3.63) is 17.5 Å². The lowest BCUT2D eigenvalue weighted by molar-refractivity contribution is -0.150. The maximum Gasteiger partial charge on any atom is 0.435 e. The normalized spacial score (nSPS) is 14.6. The van der Waals surface area contributed by atoms with E-state index in [4.69, 9.17) is 5.11 Å². The molecule has 0 aliphatic carbocycles. The minimum Gasteiger partial charge on any atom is -0.479 e. The predicted octanol–water partition coefficient (Wildman–Crippen LogP) is 1.16. The largest absolute Gasteiger partial charge is 0.479 e. The van der Waals surface area contributed by atoms with Gasteiger partial charge < -0.3 is 10.2 Å². The van der Waals surface area contributed by atoms with Crippen LogP contribution in [-0.4, -0.2) is 32.1 Å². The summed E-state index contributed by atoms with van der Waals surface area (Å²) < 4.78 is 38.3. The fourth-order valence-corrected chi connectivity index (χ4v) is 1.66. The van der Waals surface area contributed by atoms with Crippen LogP contribution in [0.5, 0.6) is 0 Å². The average Bonchev–Trinajstić information content (AvgIpc) is 2.59. The van der Waals surface area contributed by atoms with Crippen LogP contribution in [-0.2, 0) is 23.4 Å². The zero-order chi connectivity index (χ0) is 14.3. The number of alkyl halides is 3. The summed E-state index contributed by atoms with van der Waals surface area (Å²) in [5.74, 6) is -1.50. The molecule has 0 fully saturated rings. The summed E-state index contributed by atoms with van der Waals surface area (Å²) in [4.78, 5) is 10.7. The molecule has 1 unspecified atom stereocenters. The van der Waals surface area contributed by atoms with E-state index >= 15 is 0 Å². The Kier molecular flexibility index (Phi) is 3.44. The van der Waals surface area contributed by atoms with E-state index in [0.29, 0.717) is 0 Å². The molecule has 1 rings (SSSR count). The van der Waals surface area contributed by atoms with Gasteiger partial charge in [0.15, 0.2) is 11.8 Å². The molecule has 1 aromatic rings. The first kappa shape index (κ1) is 14.5. The lowest BCUT2D eigenvalue weighted by Gasteiger charge is -2.27. The van der Waals surface area contributed by atoms with Crippen molar-refractivity contribution in [2.24, 2.45) is 7.05 Å². The van der Waals surface area contributed by atoms with Crippen molar-refractivity contribution >= 4 is 5.97 Å². The van der Waals surface area contributed by atoms with Crippen LogP contribution < -0.4 is 0 Å². The maximum absolute atomic E-state index is 12.5. The molecule has 1 aromatic heterocycles. The summed E-state index contributed by atoms with van der Waals surface area (Å²) in [6.45, 7) is 2.67. The molecule has 102 valence electrons. The zero-order valence-corrected chi connectivity index (χ0v) is 9.99. The third kappa shape index (κ3) is 2.47. The second-order valence-corrected chi connectivity index (χ2v) is 4.50. The van der Waals surface area contributed by atoms with Gasteiger partial charge >= 0.3 is 12.1 Å². The Hall–Kier alpha value is -1.57. The highest BCUT2D eigenvalue weighted by molar-refractivity contribution is 5.74. The number of nitrogens with zero attached hydrogens (tertiary/aromatic N) is 2. The zero-order valence-electron chi connectivity index (χ0n) is 9.99. The van der Waals surface area contributed by atoms with Crippen molar-refractivity contribution in [2.45, 2.75) is 31.5 Å². The monoisotopic (exact) mass is 266 g/mol. The molecule has 0 aromatic carbocycles. The Labute approximate surface area is 101 Å². The van der Waals surface area contributed by atoms with E-state index in [1.54, 1.807) is 0 Å². The number of carbonyl (C=O) groups is 1. The minimum absolute atomic E-state index is 0.00951. The number of halogens is 3. The molecule has 5 nitrogen and oxygen atoms in total. The first-order chi connectivity index (χ1) is 7.98. The Morgan fingerprint density at radius 3 is 2.28 bits per heavy atom. The van der Waals surface area contributed by atoms with Crippen molar-refractivity contribution in [2.75, 3.05) is 0 Å². The summed E-state index contributed by atoms with van der Waals surface area (Å²) in [6, 6.07) is 0.742. The first-order valence-corrected chi connectivity index (χ1v) is 5.00. The molecule has 0 bridgehead atoms. The fourth-order valence-electron chi connectivity index (χ4n) is 1.66. The molecule has 8 heteroatoms. The lowest BCUT2D eigenvalue weighted by atomic mass is 9.82. The SMILES string of the molecule is Cn1nc(C(F)(F)F)cc1C(C)(C)C(O)C(=O)O. The number of rotatable bonds is 3. The number of aliphatic carboxylic acids is 1. The molecule has 0 aliphatic rings. The van der Waals surface area contributed by atoms with Crippen LogP contribution in [0.25, 0.3) is 0 Å². The van der Waals surface area contributed by atoms with Gasteiger partial charge in [0.05, 0.1) is 0 Å². The second-order valence-electron chi connectivity index (χ2n) is 4.50. The van der Waals surface area contributed by atoms with Crippen molar-refractivity contribution in [1.82, 2.24) is 9.78 Å². The van der Waals surface area contributed by atoms with Crippen LogP contribution in [0.15, 0.2) is 6.07 Å². The third-order valence-electron chi connectivity index (χ3n) is 2.75. The highest BCUT2D eigenvalue weighted by atomic mass is 19.4. The molecular formula is C10H13F3N2O3. The van der Waals surface area contributed by atoms with Crippen LogP contribution >= 0.6 is 0 Å². The number of aliphatic hydroxyl groups excluding tert-OH is 1. The van der Waals surface area contributed by atoms with Gasteiger partial charge in [0, 0.05) is 18.2 Å². The van der Waals surface area contributed by atoms with Gasteiger partial charge in [-0.25, -0.2) is 4.79 Å². The van der Waals surface area contributed by atoms with Gasteiger partial charge in [0.1, 0.15) is 0 Å². The summed E-state index contributed by atoms with van der Waals surface area (Å²) in [5, 5.41) is 21.5. The van der Waals surface area contributed by atoms with E-state index in [2.05, 4.69) is 5.10 Å². The van der Waals surface area contributed by atoms with Gasteiger partial charge in [-0.3, -0.25) is 4.68 Å². The van der Waals surface area contributed by atoms with Gasteiger partial charge in [0.25, 0.3) is 0 Å². The third-order valence-corrected chi connectivity index (χ3v) is 2.75. The molecule has 1 heterocycles. The smallest absolute Gasteiger partial charge is 0.435 e. The molecule has 0 saturated carbocycles. The van der Waals surface area contributed by atoms with Gasteiger partial charge in [-0.05, 0) is 6.07 Å². The molecule has 1 atom stereocenters. The lowest BCUT2D eigenvalue weighted by Crippen LogP contribution is -2.41. The van der Waals surface area contributed by atoms with Gasteiger partial charge in [0.2, 0.25) is 0 Å². The van der Waals surface area contributed by atoms with Crippen LogP contribution in [0.3, 0.4) is 0 Å². The molecule has 0 saturated heterocycles. The number of aliphatic hydroxyl groups is 1. The average molecular weight is 266 g/mol. The van der Waals surface area contributed by atoms with Gasteiger partial charge in [-0.15, -0.1) is 0 Å². The molecule has 0 aliphatic heterocycles. The van der Waals surface area contributed by atoms with Gasteiger partial charge in [-0.2, -0.15) is 18.3 Å². The standard InChI is InChI=1S/C10H13F3N2O3/c1-9(2,7(16)8(17)18)6-4-5(10(11,12)13)14-15(6)3/h4,7,16H,1-3H3,(H,17,18). The fraction of sp³-hybridized carbons (Fsp3) is 0.600. The Bertz CT molecular complexity index is 465. The van der Waals surface area contributed by atoms with E-state index in [1.807, 2.05) is 0 Å². The molecule has 2 N–H and O–H groups in total. The molecule has 0 radical (unpaired) electrons. The highest BCUT2D eigenvalue weighted by Crippen LogP contribution is 2.33. The maximum atomic E-state index is 12.5. The van der Waals surface area contributed by atoms with E-state index in [-0.39, 0.29) is 5.69 Å². The van der Waals surface area contributed by atoms with Crippen LogP contribution in [0.2, 0.25) is 0 Å². The predicted molar refractivity (Wildman–Crippen MR) is 54.9 cm³/mol. The topological polar surface area (TPSA) is 75.3 Å². The van der Waals surface area contributed by atoms with Gasteiger partial charge in [-0.1, -0.05) is 13.8 Å². The Morgan fingerprint density at radius 1 is 1.44 bits per heavy atom. The molecular weight excluding hydrogens is 253 g/mol. The van der Waals surface area contributed by atoms with E-state index < -0.39 is 29.4 Å². The number of aryl methyl sites for hydroxylation is 1. The van der Waals surface area contributed by atoms with Crippen molar-refractivity contribution in [1.29, 1.82) is 0 Å². The minimum atomic E-state index is -4.61. The first-order valence-electron chi connectivity index (χ1n) is 5.00. The summed E-state index contributed by atoms with van der Waals surface area (Å²) >= 11 is 0. The summed E-state index contributed by atoms with van der Waals surface area (Å²) in [7, 11) is 1.26. The van der Waals surface area contributed by atoms with Crippen LogP contribution in [0.1, 0.15) is 25.2 Å². The van der Waals surface area contributed by atoms with E-state index in [0.717, 1.165) is 10.7 Å². The molecule has 0 spiro atoms. The summed E-state index contributed by atoms with van der Waals surface area (Å²) in [6.07, 6.45) is -6.44. The van der Waals surface area contributed by atoms with E-state index in [9.17, 15) is 23.1 Å². The number of hydrogen-bond donors (Lipinski definition) is 2. The number of hydrogen-bond acceptors (Lipinski definition) is 3. The van der Waals surface area contributed by atoms with E-state index in [1.165, 1.54) is 20.9 Å². The number of carboxylic acids is 1. The van der Waals surface area contributed by atoms with Crippen LogP contribution in [0.4, 0.5) is 13.2 Å². The quantitative estimate of drug-likeness (QED) is 0.861. The Balaban J connectivity index is 3.26. The molecule has 18 heavy (non-hydrogen) atoms. The highest BCUT2D eigenvalue weighted by Gasteiger charge is 2.41. The second kappa shape index (κ2) is 4.27. The Morgan fingerprint density at radius 2 is 1.94 bits per heavy atom. The summed E-state index contributed by atoms with van der Waals surface area (Å²) in [5.41, 5.74) is -2.52. The van der Waals surface area contributed by atoms with Crippen LogP contribution in [0, 0.1) is 0 Å². The molecule has 0 amide bonds.